The van der Waals surface area contributed by atoms with E-state index in [1.165, 1.54) is 24.3 Å². The monoisotopic (exact) mass is 493 g/mol. The van der Waals surface area contributed by atoms with Crippen LogP contribution in [0.15, 0.2) is 66.6 Å². The van der Waals surface area contributed by atoms with E-state index in [2.05, 4.69) is 9.88 Å². The van der Waals surface area contributed by atoms with Crippen LogP contribution in [-0.4, -0.2) is 54.4 Å². The highest BCUT2D eigenvalue weighted by Gasteiger charge is 2.29. The zero-order valence-electron chi connectivity index (χ0n) is 18.6. The van der Waals surface area contributed by atoms with E-state index in [0.717, 1.165) is 5.82 Å². The second-order valence-electron chi connectivity index (χ2n) is 8.08. The number of ketones is 1. The summed E-state index contributed by atoms with van der Waals surface area (Å²) in [5.74, 6) is 0.469. The van der Waals surface area contributed by atoms with Crippen LogP contribution in [0.5, 0.6) is 11.5 Å². The Balaban J connectivity index is 1.19. The highest BCUT2D eigenvalue weighted by molar-refractivity contribution is 6.32. The summed E-state index contributed by atoms with van der Waals surface area (Å²) < 4.78 is 25.4. The molecule has 0 spiro atoms. The lowest BCUT2D eigenvalue weighted by atomic mass is 10.1. The van der Waals surface area contributed by atoms with Crippen LogP contribution in [0.1, 0.15) is 15.9 Å². The summed E-state index contributed by atoms with van der Waals surface area (Å²) in [5.41, 5.74) is 0.406. The van der Waals surface area contributed by atoms with E-state index in [-0.39, 0.29) is 40.4 Å². The van der Waals surface area contributed by atoms with Crippen molar-refractivity contribution in [1.82, 2.24) is 9.88 Å². The van der Waals surface area contributed by atoms with E-state index < -0.39 is 5.82 Å². The van der Waals surface area contributed by atoms with Gasteiger partial charge in [-0.1, -0.05) is 23.7 Å². The number of hydrogen-bond donors (Lipinski definition) is 0. The molecule has 0 saturated carbocycles. The second kappa shape index (κ2) is 9.76. The molecule has 0 aliphatic carbocycles. The molecule has 3 heterocycles. The topological polar surface area (TPSA) is 72.0 Å². The van der Waals surface area contributed by atoms with Crippen molar-refractivity contribution in [3.63, 3.8) is 0 Å². The third-order valence-electron chi connectivity index (χ3n) is 5.88. The molecular formula is C26H21ClFN3O4. The van der Waals surface area contributed by atoms with Gasteiger partial charge < -0.3 is 19.3 Å². The number of fused-ring (bicyclic) bond motifs is 1. The van der Waals surface area contributed by atoms with Crippen molar-refractivity contribution in [3.05, 3.63) is 88.5 Å². The number of anilines is 1. The Morgan fingerprint density at radius 2 is 1.94 bits per heavy atom. The van der Waals surface area contributed by atoms with Crippen molar-refractivity contribution in [3.8, 4) is 11.5 Å². The van der Waals surface area contributed by atoms with Gasteiger partial charge >= 0.3 is 0 Å². The summed E-state index contributed by atoms with van der Waals surface area (Å²) in [7, 11) is 0. The number of pyridine rings is 1. The number of carbonyl (C=O) groups excluding carboxylic acids is 2. The zero-order chi connectivity index (χ0) is 24.4. The molecule has 2 aliphatic rings. The maximum atomic E-state index is 14.1. The standard InChI is InChI=1S/C26H21ClFN3O4/c27-20-4-3-5-21(28)19(20)15-23-26(33)18-8-7-17(14-22(18)35-23)34-16-25(32)31-12-10-30(11-13-31)24-6-1-2-9-29-24/h1-9,14-15H,10-13,16H2. The maximum absolute atomic E-state index is 14.1. The molecule has 2 aromatic carbocycles. The van der Waals surface area contributed by atoms with Gasteiger partial charge in [0.2, 0.25) is 5.78 Å². The van der Waals surface area contributed by atoms with Crippen LogP contribution < -0.4 is 14.4 Å². The van der Waals surface area contributed by atoms with Gasteiger partial charge in [-0.15, -0.1) is 0 Å². The van der Waals surface area contributed by atoms with E-state index in [0.29, 0.717) is 37.5 Å². The van der Waals surface area contributed by atoms with Gasteiger partial charge in [0.05, 0.1) is 10.6 Å². The summed E-state index contributed by atoms with van der Waals surface area (Å²) in [6.07, 6.45) is 3.04. The fourth-order valence-corrected chi connectivity index (χ4v) is 4.22. The van der Waals surface area contributed by atoms with Crippen LogP contribution in [-0.2, 0) is 4.79 Å². The fourth-order valence-electron chi connectivity index (χ4n) is 4.00. The van der Waals surface area contributed by atoms with Crippen molar-refractivity contribution in [2.75, 3.05) is 37.7 Å². The molecule has 1 saturated heterocycles. The molecule has 5 rings (SSSR count). The van der Waals surface area contributed by atoms with Crippen LogP contribution in [0.25, 0.3) is 6.08 Å². The number of nitrogens with zero attached hydrogens (tertiary/aromatic N) is 3. The Labute approximate surface area is 206 Å². The number of aromatic nitrogens is 1. The number of piperazine rings is 1. The molecule has 1 fully saturated rings. The van der Waals surface area contributed by atoms with Crippen LogP contribution in [0.2, 0.25) is 5.02 Å². The molecule has 3 aromatic rings. The minimum Gasteiger partial charge on any atom is -0.484 e. The first-order chi connectivity index (χ1) is 17.0. The molecule has 2 aliphatic heterocycles. The Morgan fingerprint density at radius 3 is 2.69 bits per heavy atom. The van der Waals surface area contributed by atoms with Gasteiger partial charge in [-0.25, -0.2) is 9.37 Å². The third kappa shape index (κ3) is 4.83. The second-order valence-corrected chi connectivity index (χ2v) is 8.48. The van der Waals surface area contributed by atoms with E-state index in [1.807, 2.05) is 18.2 Å². The number of benzene rings is 2. The van der Waals surface area contributed by atoms with Crippen LogP contribution >= 0.6 is 11.6 Å². The lowest BCUT2D eigenvalue weighted by Crippen LogP contribution is -2.50. The first kappa shape index (κ1) is 22.9. The highest BCUT2D eigenvalue weighted by Crippen LogP contribution is 2.35. The predicted octanol–water partition coefficient (Wildman–Crippen LogP) is 4.22. The number of rotatable bonds is 5. The molecule has 35 heavy (non-hydrogen) atoms. The van der Waals surface area contributed by atoms with Gasteiger partial charge in [0.25, 0.3) is 5.91 Å². The number of hydrogen-bond acceptors (Lipinski definition) is 6. The maximum Gasteiger partial charge on any atom is 0.260 e. The largest absolute Gasteiger partial charge is 0.484 e. The van der Waals surface area contributed by atoms with Crippen molar-refractivity contribution >= 4 is 35.2 Å². The van der Waals surface area contributed by atoms with E-state index >= 15 is 0 Å². The highest BCUT2D eigenvalue weighted by atomic mass is 35.5. The van der Waals surface area contributed by atoms with Gasteiger partial charge in [0.15, 0.2) is 12.4 Å². The molecule has 0 N–H and O–H groups in total. The molecule has 7 nitrogen and oxygen atoms in total. The van der Waals surface area contributed by atoms with Crippen molar-refractivity contribution in [1.29, 1.82) is 0 Å². The van der Waals surface area contributed by atoms with Gasteiger partial charge in [0.1, 0.15) is 23.1 Å². The normalized spacial score (nSPS) is 16.3. The van der Waals surface area contributed by atoms with E-state index in [1.54, 1.807) is 29.3 Å². The molecule has 0 bridgehead atoms. The summed E-state index contributed by atoms with van der Waals surface area (Å²) in [4.78, 5) is 33.6. The molecule has 0 radical (unpaired) electrons. The number of allylic oxidation sites excluding steroid dienone is 1. The van der Waals surface area contributed by atoms with Crippen molar-refractivity contribution in [2.45, 2.75) is 0 Å². The summed E-state index contributed by atoms with van der Waals surface area (Å²) in [5, 5.41) is 0.174. The lowest BCUT2D eigenvalue weighted by molar-refractivity contribution is -0.133. The van der Waals surface area contributed by atoms with Crippen molar-refractivity contribution < 1.29 is 23.5 Å². The SMILES string of the molecule is O=C1C(=Cc2c(F)cccc2Cl)Oc2cc(OCC(=O)N3CCN(c4ccccn4)CC3)ccc21. The number of ether oxygens (including phenoxy) is 2. The van der Waals surface area contributed by atoms with Gasteiger partial charge in [-0.2, -0.15) is 0 Å². The zero-order valence-corrected chi connectivity index (χ0v) is 19.4. The molecule has 9 heteroatoms. The predicted molar refractivity (Wildman–Crippen MR) is 129 cm³/mol. The van der Waals surface area contributed by atoms with Gasteiger partial charge in [-0.05, 0) is 42.5 Å². The van der Waals surface area contributed by atoms with Crippen LogP contribution in [0, 0.1) is 5.82 Å². The Morgan fingerprint density at radius 1 is 1.11 bits per heavy atom. The molecule has 1 aromatic heterocycles. The van der Waals surface area contributed by atoms with Crippen LogP contribution in [0.3, 0.4) is 0 Å². The first-order valence-electron chi connectivity index (χ1n) is 11.1. The molecule has 0 unspecified atom stereocenters. The number of Topliss-reactive ketones (excluding diaryl/α,β-unsaturated/α-hetero) is 1. The first-order valence-corrected chi connectivity index (χ1v) is 11.5. The van der Waals surface area contributed by atoms with E-state index in [9.17, 15) is 14.0 Å². The van der Waals surface area contributed by atoms with E-state index in [4.69, 9.17) is 21.1 Å². The average Bonchev–Trinajstić information content (AvgIpc) is 3.20. The number of amides is 1. The van der Waals surface area contributed by atoms with Gasteiger partial charge in [0, 0.05) is 44.0 Å². The average molecular weight is 494 g/mol. The molecular weight excluding hydrogens is 473 g/mol. The summed E-state index contributed by atoms with van der Waals surface area (Å²) >= 11 is 6.05. The fraction of sp³-hybridized carbons (Fsp3) is 0.192. The molecule has 178 valence electrons. The lowest BCUT2D eigenvalue weighted by Gasteiger charge is -2.35. The Bertz CT molecular complexity index is 1290. The summed E-state index contributed by atoms with van der Waals surface area (Å²) in [6, 6.07) is 14.7. The minimum atomic E-state index is -0.555. The Hall–Kier alpha value is -3.91. The van der Waals surface area contributed by atoms with Crippen LogP contribution in [0.4, 0.5) is 10.2 Å². The minimum absolute atomic E-state index is 0.0361. The number of halogens is 2. The quantitative estimate of drug-likeness (QED) is 0.496. The third-order valence-corrected chi connectivity index (χ3v) is 6.21. The smallest absolute Gasteiger partial charge is 0.260 e. The van der Waals surface area contributed by atoms with Crippen molar-refractivity contribution in [2.24, 2.45) is 0 Å². The van der Waals surface area contributed by atoms with Gasteiger partial charge in [-0.3, -0.25) is 9.59 Å². The molecule has 0 atom stereocenters. The molecule has 1 amide bonds. The summed E-state index contributed by atoms with van der Waals surface area (Å²) in [6.45, 7) is 2.40. The Kier molecular flexibility index (Phi) is 6.37. The number of carbonyl (C=O) groups is 2.